The van der Waals surface area contributed by atoms with Crippen molar-refractivity contribution in [2.45, 2.75) is 12.5 Å². The Morgan fingerprint density at radius 1 is 1.53 bits per heavy atom. The number of nitrogens with zero attached hydrogens (tertiary/aromatic N) is 1. The molecule has 0 saturated carbocycles. The molecular formula is C12H16FN3O. The van der Waals surface area contributed by atoms with Crippen molar-refractivity contribution >= 4 is 11.6 Å². The summed E-state index contributed by atoms with van der Waals surface area (Å²) in [6.45, 7) is 1.82. The van der Waals surface area contributed by atoms with Crippen LogP contribution >= 0.6 is 0 Å². The number of halogens is 1. The highest BCUT2D eigenvalue weighted by Gasteiger charge is 2.21. The third kappa shape index (κ3) is 3.25. The lowest BCUT2D eigenvalue weighted by Gasteiger charge is -2.14. The molecule has 1 unspecified atom stereocenters. The molecule has 1 fully saturated rings. The Labute approximate surface area is 99.6 Å². The lowest BCUT2D eigenvalue weighted by molar-refractivity contribution is -0.117. The van der Waals surface area contributed by atoms with E-state index in [-0.39, 0.29) is 24.2 Å². The lowest BCUT2D eigenvalue weighted by atomic mass is 10.3. The van der Waals surface area contributed by atoms with Crippen molar-refractivity contribution in [1.82, 2.24) is 4.90 Å². The van der Waals surface area contributed by atoms with Crippen LogP contribution in [0.3, 0.4) is 0 Å². The van der Waals surface area contributed by atoms with Gasteiger partial charge in [-0.1, -0.05) is 12.1 Å². The summed E-state index contributed by atoms with van der Waals surface area (Å²) in [6.07, 6.45) is 0.910. The number of anilines is 1. The fraction of sp³-hybridized carbons (Fsp3) is 0.417. The largest absolute Gasteiger partial charge is 0.326 e. The molecule has 1 heterocycles. The maximum atomic E-state index is 13.3. The summed E-state index contributed by atoms with van der Waals surface area (Å²) in [7, 11) is 0. The zero-order valence-electron chi connectivity index (χ0n) is 9.53. The molecule has 5 heteroatoms. The van der Waals surface area contributed by atoms with Crippen LogP contribution in [0.2, 0.25) is 0 Å². The first-order chi connectivity index (χ1) is 8.15. The van der Waals surface area contributed by atoms with Gasteiger partial charge in [0.15, 0.2) is 0 Å². The summed E-state index contributed by atoms with van der Waals surface area (Å²) >= 11 is 0. The van der Waals surface area contributed by atoms with E-state index in [0.29, 0.717) is 0 Å². The fourth-order valence-corrected chi connectivity index (χ4v) is 1.96. The van der Waals surface area contributed by atoms with E-state index < -0.39 is 5.82 Å². The molecule has 1 saturated heterocycles. The highest BCUT2D eigenvalue weighted by atomic mass is 19.1. The quantitative estimate of drug-likeness (QED) is 0.817. The number of nitrogens with one attached hydrogen (secondary N) is 1. The van der Waals surface area contributed by atoms with Gasteiger partial charge in [0, 0.05) is 19.1 Å². The number of nitrogens with two attached hydrogens (primary N) is 1. The van der Waals surface area contributed by atoms with Crippen molar-refractivity contribution in [3.8, 4) is 0 Å². The molecule has 1 aromatic rings. The van der Waals surface area contributed by atoms with Crippen molar-refractivity contribution in [3.63, 3.8) is 0 Å². The zero-order valence-corrected chi connectivity index (χ0v) is 9.53. The molecule has 1 aromatic carbocycles. The first-order valence-electron chi connectivity index (χ1n) is 5.67. The third-order valence-corrected chi connectivity index (χ3v) is 2.82. The number of hydrogen-bond acceptors (Lipinski definition) is 3. The van der Waals surface area contributed by atoms with Gasteiger partial charge in [0.2, 0.25) is 5.91 Å². The number of rotatable bonds is 3. The van der Waals surface area contributed by atoms with Gasteiger partial charge in [-0.15, -0.1) is 0 Å². The average Bonchev–Trinajstić information content (AvgIpc) is 2.67. The highest BCUT2D eigenvalue weighted by Crippen LogP contribution is 2.13. The number of hydrogen-bond donors (Lipinski definition) is 2. The topological polar surface area (TPSA) is 58.4 Å². The van der Waals surface area contributed by atoms with Gasteiger partial charge in [0.1, 0.15) is 5.82 Å². The lowest BCUT2D eigenvalue weighted by Crippen LogP contribution is -2.33. The maximum Gasteiger partial charge on any atom is 0.238 e. The van der Waals surface area contributed by atoms with Crippen LogP contribution in [0.4, 0.5) is 10.1 Å². The molecule has 1 aliphatic rings. The van der Waals surface area contributed by atoms with Gasteiger partial charge in [-0.3, -0.25) is 9.69 Å². The molecule has 0 aliphatic carbocycles. The van der Waals surface area contributed by atoms with Crippen LogP contribution in [0.15, 0.2) is 24.3 Å². The summed E-state index contributed by atoms with van der Waals surface area (Å²) in [5.74, 6) is -0.622. The van der Waals surface area contributed by atoms with Crippen LogP contribution in [0.25, 0.3) is 0 Å². The summed E-state index contributed by atoms with van der Waals surface area (Å²) in [6, 6.07) is 6.29. The van der Waals surface area contributed by atoms with Gasteiger partial charge in [-0.2, -0.15) is 0 Å². The molecule has 0 aromatic heterocycles. The van der Waals surface area contributed by atoms with Crippen LogP contribution in [-0.4, -0.2) is 36.5 Å². The van der Waals surface area contributed by atoms with Crippen LogP contribution in [0, 0.1) is 5.82 Å². The number of para-hydroxylation sites is 1. The van der Waals surface area contributed by atoms with Crippen LogP contribution in [0.5, 0.6) is 0 Å². The number of carbonyl (C=O) groups excluding carboxylic acids is 1. The Balaban J connectivity index is 1.87. The van der Waals surface area contributed by atoms with E-state index in [1.165, 1.54) is 6.07 Å². The van der Waals surface area contributed by atoms with Crippen molar-refractivity contribution in [2.24, 2.45) is 5.73 Å². The van der Waals surface area contributed by atoms with E-state index >= 15 is 0 Å². The minimum absolute atomic E-state index is 0.149. The first kappa shape index (κ1) is 12.0. The normalized spacial score (nSPS) is 20.5. The molecule has 1 atom stereocenters. The Bertz CT molecular complexity index is 410. The molecule has 0 radical (unpaired) electrons. The number of amides is 1. The summed E-state index contributed by atoms with van der Waals surface area (Å²) in [4.78, 5) is 13.6. The third-order valence-electron chi connectivity index (χ3n) is 2.82. The smallest absolute Gasteiger partial charge is 0.238 e. The monoisotopic (exact) mass is 237 g/mol. The summed E-state index contributed by atoms with van der Waals surface area (Å²) < 4.78 is 13.3. The van der Waals surface area contributed by atoms with Gasteiger partial charge in [0.25, 0.3) is 0 Å². The average molecular weight is 237 g/mol. The van der Waals surface area contributed by atoms with E-state index in [1.54, 1.807) is 18.2 Å². The van der Waals surface area contributed by atoms with E-state index in [2.05, 4.69) is 5.32 Å². The zero-order chi connectivity index (χ0) is 12.3. The molecular weight excluding hydrogens is 221 g/mol. The summed E-state index contributed by atoms with van der Waals surface area (Å²) in [5.41, 5.74) is 5.97. The van der Waals surface area contributed by atoms with Gasteiger partial charge in [-0.25, -0.2) is 4.39 Å². The van der Waals surface area contributed by atoms with Gasteiger partial charge >= 0.3 is 0 Å². The van der Waals surface area contributed by atoms with Crippen LogP contribution in [0.1, 0.15) is 6.42 Å². The molecule has 1 aliphatic heterocycles. The second-order valence-corrected chi connectivity index (χ2v) is 4.31. The molecule has 4 nitrogen and oxygen atoms in total. The Morgan fingerprint density at radius 2 is 2.29 bits per heavy atom. The van der Waals surface area contributed by atoms with E-state index in [4.69, 9.17) is 5.73 Å². The highest BCUT2D eigenvalue weighted by molar-refractivity contribution is 5.92. The van der Waals surface area contributed by atoms with E-state index in [1.807, 2.05) is 4.90 Å². The van der Waals surface area contributed by atoms with Crippen molar-refractivity contribution in [1.29, 1.82) is 0 Å². The molecule has 2 rings (SSSR count). The Hall–Kier alpha value is -1.46. The number of likely N-dealkylation sites (tertiary alicyclic amines) is 1. The Kier molecular flexibility index (Phi) is 3.71. The maximum absolute atomic E-state index is 13.3. The predicted molar refractivity (Wildman–Crippen MR) is 64.1 cm³/mol. The number of benzene rings is 1. The SMILES string of the molecule is NC1CCN(CC(=O)Nc2ccccc2F)C1. The number of carbonyl (C=O) groups is 1. The summed E-state index contributed by atoms with van der Waals surface area (Å²) in [5, 5.41) is 2.56. The van der Waals surface area contributed by atoms with E-state index in [9.17, 15) is 9.18 Å². The van der Waals surface area contributed by atoms with Gasteiger partial charge in [-0.05, 0) is 18.6 Å². The predicted octanol–water partition coefficient (Wildman–Crippen LogP) is 0.797. The minimum atomic E-state index is -0.418. The van der Waals surface area contributed by atoms with Crippen LogP contribution < -0.4 is 11.1 Å². The minimum Gasteiger partial charge on any atom is -0.326 e. The van der Waals surface area contributed by atoms with Crippen molar-refractivity contribution in [2.75, 3.05) is 25.0 Å². The molecule has 0 spiro atoms. The van der Waals surface area contributed by atoms with E-state index in [0.717, 1.165) is 19.5 Å². The van der Waals surface area contributed by atoms with Gasteiger partial charge in [0.05, 0.1) is 12.2 Å². The standard InChI is InChI=1S/C12H16FN3O/c13-10-3-1-2-4-11(10)15-12(17)8-16-6-5-9(14)7-16/h1-4,9H,5-8,14H2,(H,15,17). The second kappa shape index (κ2) is 5.25. The fourth-order valence-electron chi connectivity index (χ4n) is 1.96. The molecule has 17 heavy (non-hydrogen) atoms. The van der Waals surface area contributed by atoms with Crippen molar-refractivity contribution < 1.29 is 9.18 Å². The second-order valence-electron chi connectivity index (χ2n) is 4.31. The van der Waals surface area contributed by atoms with Crippen LogP contribution in [-0.2, 0) is 4.79 Å². The van der Waals surface area contributed by atoms with Crippen molar-refractivity contribution in [3.05, 3.63) is 30.1 Å². The molecule has 3 N–H and O–H groups in total. The van der Waals surface area contributed by atoms with Gasteiger partial charge < -0.3 is 11.1 Å². The molecule has 1 amide bonds. The Morgan fingerprint density at radius 3 is 2.94 bits per heavy atom. The molecule has 0 bridgehead atoms. The molecule has 92 valence electrons. The first-order valence-corrected chi connectivity index (χ1v) is 5.67.